The van der Waals surface area contributed by atoms with Gasteiger partial charge >= 0.3 is 0 Å². The summed E-state index contributed by atoms with van der Waals surface area (Å²) in [5.41, 5.74) is 3.71. The average molecular weight is 327 g/mol. The number of rotatable bonds is 0. The molecule has 0 bridgehead atoms. The number of allylic oxidation sites excluding steroid dienone is 2. The molecule has 3 aliphatic heterocycles. The van der Waals surface area contributed by atoms with Crippen LogP contribution in [0.4, 0.5) is 0 Å². The van der Waals surface area contributed by atoms with E-state index < -0.39 is 0 Å². The Hall–Kier alpha value is -1.49. The summed E-state index contributed by atoms with van der Waals surface area (Å²) in [6.07, 6.45) is 7.84. The van der Waals surface area contributed by atoms with E-state index in [1.807, 2.05) is 6.20 Å². The minimum atomic E-state index is -0.111. The SMILES string of the molecule is CC1(C)CC(=O)C2=C(C1)NC1N=NC=C1C21CC2(CCOCC2)C1. The predicted octanol–water partition coefficient (Wildman–Crippen LogP) is 3.49. The molecule has 3 heterocycles. The highest BCUT2D eigenvalue weighted by Crippen LogP contribution is 2.69. The largest absolute Gasteiger partial charge is 0.381 e. The maximum Gasteiger partial charge on any atom is 0.164 e. The van der Waals surface area contributed by atoms with Crippen molar-refractivity contribution in [2.24, 2.45) is 26.5 Å². The molecule has 2 spiro atoms. The molecule has 5 heteroatoms. The number of nitrogens with one attached hydrogen (secondary N) is 1. The van der Waals surface area contributed by atoms with Gasteiger partial charge in [0.15, 0.2) is 11.9 Å². The minimum Gasteiger partial charge on any atom is -0.381 e. The number of ether oxygens (including phenoxy) is 1. The fourth-order valence-corrected chi connectivity index (χ4v) is 5.86. The topological polar surface area (TPSA) is 63.0 Å². The zero-order valence-corrected chi connectivity index (χ0v) is 14.5. The summed E-state index contributed by atoms with van der Waals surface area (Å²) in [7, 11) is 0. The van der Waals surface area contributed by atoms with Crippen molar-refractivity contribution in [3.8, 4) is 0 Å². The highest BCUT2D eigenvalue weighted by molar-refractivity contribution is 6.00. The normalized spacial score (nSPS) is 34.5. The Bertz CT molecular complexity index is 702. The van der Waals surface area contributed by atoms with Gasteiger partial charge in [0, 0.05) is 41.9 Å². The Labute approximate surface area is 142 Å². The number of azo groups is 1. The fraction of sp³-hybridized carbons (Fsp3) is 0.737. The van der Waals surface area contributed by atoms with Gasteiger partial charge in [-0.3, -0.25) is 4.79 Å². The van der Waals surface area contributed by atoms with E-state index in [0.717, 1.165) is 56.6 Å². The Morgan fingerprint density at radius 2 is 1.96 bits per heavy atom. The van der Waals surface area contributed by atoms with Crippen molar-refractivity contribution in [2.45, 2.75) is 58.5 Å². The van der Waals surface area contributed by atoms with E-state index in [4.69, 9.17) is 4.74 Å². The highest BCUT2D eigenvalue weighted by Gasteiger charge is 2.63. The lowest BCUT2D eigenvalue weighted by molar-refractivity contribution is -0.124. The summed E-state index contributed by atoms with van der Waals surface area (Å²) in [6.45, 7) is 6.09. The molecule has 2 aliphatic carbocycles. The number of ketones is 1. The summed E-state index contributed by atoms with van der Waals surface area (Å²) in [6, 6.07) is 0. The number of hydrogen-bond donors (Lipinski definition) is 1. The van der Waals surface area contributed by atoms with Crippen LogP contribution in [-0.4, -0.2) is 25.2 Å². The molecule has 5 nitrogen and oxygen atoms in total. The third-order valence-electron chi connectivity index (χ3n) is 6.80. The van der Waals surface area contributed by atoms with Gasteiger partial charge in [0.2, 0.25) is 0 Å². The molecule has 24 heavy (non-hydrogen) atoms. The lowest BCUT2D eigenvalue weighted by Gasteiger charge is -2.62. The van der Waals surface area contributed by atoms with Crippen LogP contribution in [0.1, 0.15) is 52.4 Å². The third kappa shape index (κ3) is 1.88. The monoisotopic (exact) mass is 327 g/mol. The zero-order valence-electron chi connectivity index (χ0n) is 14.5. The first-order valence-electron chi connectivity index (χ1n) is 9.15. The lowest BCUT2D eigenvalue weighted by Crippen LogP contribution is -2.59. The van der Waals surface area contributed by atoms with E-state index in [-0.39, 0.29) is 17.0 Å². The van der Waals surface area contributed by atoms with Crippen LogP contribution in [0.25, 0.3) is 0 Å². The second kappa shape index (κ2) is 4.57. The minimum absolute atomic E-state index is 0.0290. The van der Waals surface area contributed by atoms with Crippen LogP contribution in [0, 0.1) is 16.2 Å². The number of Topliss-reactive ketones (excluding diaryl/α,β-unsaturated/α-hetero) is 1. The fourth-order valence-electron chi connectivity index (χ4n) is 5.86. The van der Waals surface area contributed by atoms with Gasteiger partial charge in [0.1, 0.15) is 0 Å². The molecule has 0 aromatic rings. The predicted molar refractivity (Wildman–Crippen MR) is 89.1 cm³/mol. The van der Waals surface area contributed by atoms with E-state index in [2.05, 4.69) is 29.4 Å². The molecule has 1 unspecified atom stereocenters. The molecule has 1 saturated heterocycles. The summed E-state index contributed by atoms with van der Waals surface area (Å²) >= 11 is 0. The number of carbonyl (C=O) groups is 1. The average Bonchev–Trinajstić information content (AvgIpc) is 2.93. The number of carbonyl (C=O) groups excluding carboxylic acids is 1. The molecule has 0 aromatic heterocycles. The van der Waals surface area contributed by atoms with E-state index >= 15 is 0 Å². The van der Waals surface area contributed by atoms with Crippen molar-refractivity contribution in [1.82, 2.24) is 5.32 Å². The van der Waals surface area contributed by atoms with Gasteiger partial charge in [-0.1, -0.05) is 13.8 Å². The quantitative estimate of drug-likeness (QED) is 0.741. The van der Waals surface area contributed by atoms with Crippen molar-refractivity contribution in [1.29, 1.82) is 0 Å². The van der Waals surface area contributed by atoms with Crippen molar-refractivity contribution < 1.29 is 9.53 Å². The van der Waals surface area contributed by atoms with Gasteiger partial charge in [-0.25, -0.2) is 0 Å². The molecule has 1 saturated carbocycles. The number of fused-ring (bicyclic) bond motifs is 3. The molecule has 1 N–H and O–H groups in total. The molecule has 5 aliphatic rings. The van der Waals surface area contributed by atoms with Crippen LogP contribution < -0.4 is 5.32 Å². The summed E-state index contributed by atoms with van der Waals surface area (Å²) in [5.74, 6) is 0.335. The molecule has 0 radical (unpaired) electrons. The van der Waals surface area contributed by atoms with Gasteiger partial charge < -0.3 is 10.1 Å². The smallest absolute Gasteiger partial charge is 0.164 e. The summed E-state index contributed by atoms with van der Waals surface area (Å²) in [5, 5.41) is 12.1. The van der Waals surface area contributed by atoms with Crippen LogP contribution in [0.15, 0.2) is 33.3 Å². The molecule has 0 amide bonds. The first-order chi connectivity index (χ1) is 11.4. The number of nitrogens with zero attached hydrogens (tertiary/aromatic N) is 2. The second-order valence-electron chi connectivity index (χ2n) is 9.20. The van der Waals surface area contributed by atoms with Gasteiger partial charge in [-0.2, -0.15) is 10.2 Å². The van der Waals surface area contributed by atoms with Gasteiger partial charge in [-0.05, 0) is 42.9 Å². The highest BCUT2D eigenvalue weighted by atomic mass is 16.5. The van der Waals surface area contributed by atoms with Crippen LogP contribution in [0.2, 0.25) is 0 Å². The molecular weight excluding hydrogens is 302 g/mol. The van der Waals surface area contributed by atoms with Crippen LogP contribution >= 0.6 is 0 Å². The van der Waals surface area contributed by atoms with Crippen molar-refractivity contribution >= 4 is 5.78 Å². The maximum atomic E-state index is 13.1. The summed E-state index contributed by atoms with van der Waals surface area (Å²) < 4.78 is 5.58. The maximum absolute atomic E-state index is 13.1. The van der Waals surface area contributed by atoms with Crippen molar-refractivity contribution in [3.05, 3.63) is 23.0 Å². The zero-order chi connectivity index (χ0) is 16.6. The van der Waals surface area contributed by atoms with Crippen molar-refractivity contribution in [3.63, 3.8) is 0 Å². The van der Waals surface area contributed by atoms with E-state index in [9.17, 15) is 4.79 Å². The van der Waals surface area contributed by atoms with E-state index in [0.29, 0.717) is 17.6 Å². The Morgan fingerprint density at radius 3 is 2.71 bits per heavy atom. The number of hydrogen-bond acceptors (Lipinski definition) is 5. The van der Waals surface area contributed by atoms with Crippen LogP contribution in [-0.2, 0) is 9.53 Å². The lowest BCUT2D eigenvalue weighted by atomic mass is 9.43. The van der Waals surface area contributed by atoms with Gasteiger partial charge in [-0.15, -0.1) is 0 Å². The Kier molecular flexibility index (Phi) is 2.82. The van der Waals surface area contributed by atoms with Gasteiger partial charge in [0.25, 0.3) is 0 Å². The van der Waals surface area contributed by atoms with E-state index in [1.54, 1.807) is 0 Å². The first kappa shape index (κ1) is 14.8. The Morgan fingerprint density at radius 1 is 1.21 bits per heavy atom. The standard InChI is InChI=1S/C19H25N3O2/c1-17(2)7-13-15(14(23)8-17)19(12-9-20-22-16(12)21-13)10-18(11-19)3-5-24-6-4-18/h9,16,21H,3-8,10-11H2,1-2H3. The molecule has 2 fully saturated rings. The van der Waals surface area contributed by atoms with E-state index in [1.165, 1.54) is 5.57 Å². The molecule has 0 aromatic carbocycles. The molecular formula is C19H25N3O2. The molecule has 5 rings (SSSR count). The third-order valence-corrected chi connectivity index (χ3v) is 6.80. The Balaban J connectivity index is 1.58. The molecule has 1 atom stereocenters. The van der Waals surface area contributed by atoms with Gasteiger partial charge in [0.05, 0.1) is 6.20 Å². The second-order valence-corrected chi connectivity index (χ2v) is 9.20. The molecule has 128 valence electrons. The summed E-state index contributed by atoms with van der Waals surface area (Å²) in [4.78, 5) is 13.1. The first-order valence-corrected chi connectivity index (χ1v) is 9.15. The van der Waals surface area contributed by atoms with Crippen molar-refractivity contribution in [2.75, 3.05) is 13.2 Å². The van der Waals surface area contributed by atoms with Crippen LogP contribution in [0.5, 0.6) is 0 Å². The van der Waals surface area contributed by atoms with Crippen LogP contribution in [0.3, 0.4) is 0 Å².